The van der Waals surface area contributed by atoms with Gasteiger partial charge in [-0.15, -0.1) is 0 Å². The summed E-state index contributed by atoms with van der Waals surface area (Å²) in [7, 11) is 0. The zero-order valence-electron chi connectivity index (χ0n) is 12.0. The molecule has 2 N–H and O–H groups in total. The van der Waals surface area contributed by atoms with Crippen LogP contribution in [-0.4, -0.2) is 6.61 Å². The van der Waals surface area contributed by atoms with E-state index < -0.39 is 0 Å². The van der Waals surface area contributed by atoms with Gasteiger partial charge >= 0.3 is 0 Å². The predicted octanol–water partition coefficient (Wildman–Crippen LogP) is 4.30. The predicted molar refractivity (Wildman–Crippen MR) is 77.8 cm³/mol. The summed E-state index contributed by atoms with van der Waals surface area (Å²) >= 11 is 0. The van der Waals surface area contributed by atoms with E-state index in [0.29, 0.717) is 12.5 Å². The van der Waals surface area contributed by atoms with E-state index in [1.807, 2.05) is 25.1 Å². The molecule has 2 atom stereocenters. The number of para-hydroxylation sites is 1. The molecule has 0 aliphatic heterocycles. The maximum atomic E-state index is 6.44. The van der Waals surface area contributed by atoms with E-state index in [9.17, 15) is 0 Å². The summed E-state index contributed by atoms with van der Waals surface area (Å²) in [5.74, 6) is 1.49. The van der Waals surface area contributed by atoms with Crippen LogP contribution in [0.15, 0.2) is 24.3 Å². The van der Waals surface area contributed by atoms with E-state index in [4.69, 9.17) is 10.5 Å². The first kappa shape index (κ1) is 15.0. The smallest absolute Gasteiger partial charge is 0.124 e. The number of hydrogen-bond acceptors (Lipinski definition) is 2. The Morgan fingerprint density at radius 3 is 2.50 bits per heavy atom. The molecule has 0 aliphatic carbocycles. The maximum absolute atomic E-state index is 6.44. The molecule has 1 rings (SSSR count). The van der Waals surface area contributed by atoms with Crippen LogP contribution >= 0.6 is 0 Å². The lowest BCUT2D eigenvalue weighted by Crippen LogP contribution is -2.21. The van der Waals surface area contributed by atoms with Crippen LogP contribution in [0.25, 0.3) is 0 Å². The highest BCUT2D eigenvalue weighted by atomic mass is 16.5. The van der Waals surface area contributed by atoms with Crippen LogP contribution < -0.4 is 10.5 Å². The molecular weight excluding hydrogens is 222 g/mol. The summed E-state index contributed by atoms with van der Waals surface area (Å²) in [4.78, 5) is 0. The SMILES string of the molecule is CCCCC(CC)C(N)c1ccccc1OCC. The van der Waals surface area contributed by atoms with Crippen LogP contribution in [0.3, 0.4) is 0 Å². The van der Waals surface area contributed by atoms with Gasteiger partial charge in [-0.2, -0.15) is 0 Å². The van der Waals surface area contributed by atoms with Crippen molar-refractivity contribution in [2.75, 3.05) is 6.61 Å². The van der Waals surface area contributed by atoms with E-state index >= 15 is 0 Å². The summed E-state index contributed by atoms with van der Waals surface area (Å²) in [6, 6.07) is 8.26. The summed E-state index contributed by atoms with van der Waals surface area (Å²) in [6.45, 7) is 7.15. The van der Waals surface area contributed by atoms with E-state index in [2.05, 4.69) is 19.9 Å². The van der Waals surface area contributed by atoms with E-state index in [1.54, 1.807) is 0 Å². The first-order chi connectivity index (χ1) is 8.74. The van der Waals surface area contributed by atoms with Gasteiger partial charge in [0, 0.05) is 11.6 Å². The molecular formula is C16H27NO. The molecule has 2 unspecified atom stereocenters. The number of ether oxygens (including phenoxy) is 1. The van der Waals surface area contributed by atoms with Gasteiger partial charge in [-0.3, -0.25) is 0 Å². The number of hydrogen-bond donors (Lipinski definition) is 1. The van der Waals surface area contributed by atoms with Crippen molar-refractivity contribution >= 4 is 0 Å². The molecule has 0 saturated heterocycles. The molecule has 0 spiro atoms. The molecule has 18 heavy (non-hydrogen) atoms. The number of rotatable bonds is 8. The Hall–Kier alpha value is -1.02. The van der Waals surface area contributed by atoms with E-state index in [-0.39, 0.29) is 6.04 Å². The lowest BCUT2D eigenvalue weighted by molar-refractivity contribution is 0.320. The Morgan fingerprint density at radius 1 is 1.17 bits per heavy atom. The monoisotopic (exact) mass is 249 g/mol. The average Bonchev–Trinajstić information content (AvgIpc) is 2.40. The number of nitrogens with two attached hydrogens (primary N) is 1. The molecule has 102 valence electrons. The molecule has 0 heterocycles. The zero-order chi connectivity index (χ0) is 13.4. The van der Waals surface area contributed by atoms with Gasteiger partial charge in [0.15, 0.2) is 0 Å². The lowest BCUT2D eigenvalue weighted by atomic mass is 9.87. The standard InChI is InChI=1S/C16H27NO/c1-4-7-10-13(5-2)16(17)14-11-8-9-12-15(14)18-6-3/h8-9,11-13,16H,4-7,10,17H2,1-3H3. The van der Waals surface area contributed by atoms with Crippen LogP contribution in [0.2, 0.25) is 0 Å². The van der Waals surface area contributed by atoms with Gasteiger partial charge in [0.2, 0.25) is 0 Å². The zero-order valence-corrected chi connectivity index (χ0v) is 12.0. The lowest BCUT2D eigenvalue weighted by Gasteiger charge is -2.24. The highest BCUT2D eigenvalue weighted by molar-refractivity contribution is 5.36. The Balaban J connectivity index is 2.82. The fraction of sp³-hybridized carbons (Fsp3) is 0.625. The second-order valence-electron chi connectivity index (χ2n) is 4.81. The van der Waals surface area contributed by atoms with Gasteiger partial charge in [-0.05, 0) is 25.3 Å². The molecule has 1 aromatic rings. The normalized spacial score (nSPS) is 14.2. The van der Waals surface area contributed by atoms with E-state index in [1.165, 1.54) is 19.3 Å². The minimum atomic E-state index is 0.0873. The topological polar surface area (TPSA) is 35.2 Å². The van der Waals surface area contributed by atoms with Gasteiger partial charge in [0.25, 0.3) is 0 Å². The Morgan fingerprint density at radius 2 is 1.89 bits per heavy atom. The molecule has 0 bridgehead atoms. The molecule has 0 aliphatic rings. The van der Waals surface area contributed by atoms with Crippen molar-refractivity contribution in [3.05, 3.63) is 29.8 Å². The number of unbranched alkanes of at least 4 members (excludes halogenated alkanes) is 1. The van der Waals surface area contributed by atoms with Crippen molar-refractivity contribution in [1.29, 1.82) is 0 Å². The molecule has 0 saturated carbocycles. The van der Waals surface area contributed by atoms with Gasteiger partial charge in [-0.1, -0.05) is 51.3 Å². The average molecular weight is 249 g/mol. The summed E-state index contributed by atoms with van der Waals surface area (Å²) < 4.78 is 5.68. The molecule has 2 heteroatoms. The highest BCUT2D eigenvalue weighted by Crippen LogP contribution is 2.32. The first-order valence-corrected chi connectivity index (χ1v) is 7.21. The molecule has 0 radical (unpaired) electrons. The minimum absolute atomic E-state index is 0.0873. The third-order valence-electron chi connectivity index (χ3n) is 3.54. The van der Waals surface area contributed by atoms with Gasteiger partial charge < -0.3 is 10.5 Å². The van der Waals surface area contributed by atoms with Crippen molar-refractivity contribution in [1.82, 2.24) is 0 Å². The Labute approximate surface area is 112 Å². The van der Waals surface area contributed by atoms with Gasteiger partial charge in [0.05, 0.1) is 6.61 Å². The van der Waals surface area contributed by atoms with Gasteiger partial charge in [-0.25, -0.2) is 0 Å². The van der Waals surface area contributed by atoms with Crippen molar-refractivity contribution in [3.63, 3.8) is 0 Å². The minimum Gasteiger partial charge on any atom is -0.494 e. The maximum Gasteiger partial charge on any atom is 0.124 e. The van der Waals surface area contributed by atoms with Crippen molar-refractivity contribution in [2.45, 2.75) is 52.5 Å². The van der Waals surface area contributed by atoms with Crippen LogP contribution in [0.1, 0.15) is 58.1 Å². The van der Waals surface area contributed by atoms with Crippen LogP contribution in [0, 0.1) is 5.92 Å². The Kier molecular flexibility index (Phi) is 6.81. The van der Waals surface area contributed by atoms with Crippen molar-refractivity contribution in [3.8, 4) is 5.75 Å². The second kappa shape index (κ2) is 8.15. The third-order valence-corrected chi connectivity index (χ3v) is 3.54. The van der Waals surface area contributed by atoms with Crippen molar-refractivity contribution < 1.29 is 4.74 Å². The van der Waals surface area contributed by atoms with Gasteiger partial charge in [0.1, 0.15) is 5.75 Å². The summed E-state index contributed by atoms with van der Waals surface area (Å²) in [5.41, 5.74) is 7.60. The second-order valence-corrected chi connectivity index (χ2v) is 4.81. The fourth-order valence-electron chi connectivity index (χ4n) is 2.40. The fourth-order valence-corrected chi connectivity index (χ4v) is 2.40. The third kappa shape index (κ3) is 4.02. The molecule has 2 nitrogen and oxygen atoms in total. The van der Waals surface area contributed by atoms with Crippen LogP contribution in [0.4, 0.5) is 0 Å². The highest BCUT2D eigenvalue weighted by Gasteiger charge is 2.20. The summed E-state index contributed by atoms with van der Waals surface area (Å²) in [6.07, 6.45) is 4.82. The Bertz CT molecular complexity index is 338. The summed E-state index contributed by atoms with van der Waals surface area (Å²) in [5, 5.41) is 0. The molecule has 0 fully saturated rings. The molecule has 0 aromatic heterocycles. The molecule has 0 amide bonds. The van der Waals surface area contributed by atoms with Crippen molar-refractivity contribution in [2.24, 2.45) is 11.7 Å². The number of benzene rings is 1. The van der Waals surface area contributed by atoms with Crippen LogP contribution in [-0.2, 0) is 0 Å². The van der Waals surface area contributed by atoms with E-state index in [0.717, 1.165) is 17.7 Å². The first-order valence-electron chi connectivity index (χ1n) is 7.21. The largest absolute Gasteiger partial charge is 0.494 e. The van der Waals surface area contributed by atoms with Crippen LogP contribution in [0.5, 0.6) is 5.75 Å². The quantitative estimate of drug-likeness (QED) is 0.745. The molecule has 1 aromatic carbocycles.